The van der Waals surface area contributed by atoms with Gasteiger partial charge in [0.2, 0.25) is 0 Å². The lowest BCUT2D eigenvalue weighted by atomic mass is 10.3. The number of carbonyl (C=O) groups is 1. The highest BCUT2D eigenvalue weighted by Crippen LogP contribution is 2.10. The monoisotopic (exact) mass is 262 g/mol. The predicted octanol–water partition coefficient (Wildman–Crippen LogP) is 1.41. The van der Waals surface area contributed by atoms with Crippen LogP contribution in [-0.4, -0.2) is 33.7 Å². The number of ether oxygens (including phenoxy) is 1. The summed E-state index contributed by atoms with van der Waals surface area (Å²) in [7, 11) is 0. The van der Waals surface area contributed by atoms with Gasteiger partial charge in [0.15, 0.2) is 5.65 Å². The van der Waals surface area contributed by atoms with Crippen molar-refractivity contribution in [2.75, 3.05) is 13.2 Å². The van der Waals surface area contributed by atoms with E-state index in [-0.39, 0.29) is 5.97 Å². The number of carbonyl (C=O) groups excluding carboxylic acids is 1. The molecule has 2 aromatic heterocycles. The van der Waals surface area contributed by atoms with Crippen molar-refractivity contribution < 1.29 is 9.53 Å². The highest BCUT2D eigenvalue weighted by molar-refractivity contribution is 5.95. The second kappa shape index (κ2) is 6.29. The van der Waals surface area contributed by atoms with E-state index in [0.717, 1.165) is 25.1 Å². The van der Waals surface area contributed by atoms with E-state index >= 15 is 0 Å². The third-order valence-electron chi connectivity index (χ3n) is 2.66. The van der Waals surface area contributed by atoms with E-state index in [4.69, 9.17) is 4.74 Å². The third kappa shape index (κ3) is 3.08. The molecule has 19 heavy (non-hydrogen) atoms. The molecule has 0 aliphatic rings. The Morgan fingerprint density at radius 3 is 3.00 bits per heavy atom. The van der Waals surface area contributed by atoms with Gasteiger partial charge in [0, 0.05) is 24.5 Å². The van der Waals surface area contributed by atoms with Gasteiger partial charge in [0.25, 0.3) is 0 Å². The highest BCUT2D eigenvalue weighted by Gasteiger charge is 2.14. The molecule has 0 fully saturated rings. The summed E-state index contributed by atoms with van der Waals surface area (Å²) < 4.78 is 6.57. The molecular formula is C13H18N4O2. The fourth-order valence-corrected chi connectivity index (χ4v) is 1.77. The van der Waals surface area contributed by atoms with Crippen LogP contribution in [0.4, 0.5) is 0 Å². The Hall–Kier alpha value is -1.95. The molecule has 2 rings (SSSR count). The molecule has 0 atom stereocenters. The highest BCUT2D eigenvalue weighted by atomic mass is 16.5. The van der Waals surface area contributed by atoms with Crippen LogP contribution < -0.4 is 5.32 Å². The maximum atomic E-state index is 11.7. The van der Waals surface area contributed by atoms with Crippen LogP contribution in [0, 0.1) is 0 Å². The summed E-state index contributed by atoms with van der Waals surface area (Å²) in [6.45, 7) is 5.94. The Balaban J connectivity index is 2.19. The van der Waals surface area contributed by atoms with Crippen LogP contribution in [-0.2, 0) is 11.3 Å². The molecule has 2 heterocycles. The number of nitrogens with one attached hydrogen (secondary N) is 1. The zero-order valence-corrected chi connectivity index (χ0v) is 11.2. The third-order valence-corrected chi connectivity index (χ3v) is 2.66. The first-order chi connectivity index (χ1) is 9.26. The lowest BCUT2D eigenvalue weighted by molar-refractivity contribution is 0.0528. The molecule has 0 bridgehead atoms. The molecule has 0 saturated heterocycles. The Kier molecular flexibility index (Phi) is 4.46. The molecule has 0 amide bonds. The second-order valence-corrected chi connectivity index (χ2v) is 4.19. The summed E-state index contributed by atoms with van der Waals surface area (Å²) in [5.74, 6) is -0.387. The average Bonchev–Trinajstić information content (AvgIpc) is 2.82. The first kappa shape index (κ1) is 13.5. The van der Waals surface area contributed by atoms with Gasteiger partial charge in [-0.1, -0.05) is 6.92 Å². The number of fused-ring (bicyclic) bond motifs is 1. The normalized spacial score (nSPS) is 10.8. The number of hydrogen-bond acceptors (Lipinski definition) is 5. The van der Waals surface area contributed by atoms with Crippen molar-refractivity contribution in [2.24, 2.45) is 0 Å². The van der Waals surface area contributed by atoms with Crippen LogP contribution in [0.25, 0.3) is 5.65 Å². The zero-order chi connectivity index (χ0) is 13.7. The van der Waals surface area contributed by atoms with Gasteiger partial charge in [-0.2, -0.15) is 5.10 Å². The number of esters is 1. The summed E-state index contributed by atoms with van der Waals surface area (Å²) in [6, 6.07) is 0. The molecule has 1 N–H and O–H groups in total. The van der Waals surface area contributed by atoms with Crippen molar-refractivity contribution in [1.29, 1.82) is 0 Å². The largest absolute Gasteiger partial charge is 0.462 e. The quantitative estimate of drug-likeness (QED) is 0.629. The SMILES string of the molecule is CCCNCc1cnc2c(C(=O)OCC)cnn2c1. The predicted molar refractivity (Wildman–Crippen MR) is 70.9 cm³/mol. The molecule has 0 aliphatic heterocycles. The number of rotatable bonds is 6. The molecule has 0 radical (unpaired) electrons. The lowest BCUT2D eigenvalue weighted by Gasteiger charge is -2.04. The summed E-state index contributed by atoms with van der Waals surface area (Å²) in [4.78, 5) is 16.0. The second-order valence-electron chi connectivity index (χ2n) is 4.19. The molecule has 2 aromatic rings. The van der Waals surface area contributed by atoms with E-state index < -0.39 is 0 Å². The van der Waals surface area contributed by atoms with Crippen LogP contribution in [0.2, 0.25) is 0 Å². The van der Waals surface area contributed by atoms with Gasteiger partial charge in [-0.15, -0.1) is 0 Å². The van der Waals surface area contributed by atoms with Crippen LogP contribution in [0.1, 0.15) is 36.2 Å². The maximum absolute atomic E-state index is 11.7. The molecule has 6 heteroatoms. The van der Waals surface area contributed by atoms with Crippen LogP contribution in [0.5, 0.6) is 0 Å². The van der Waals surface area contributed by atoms with E-state index in [0.29, 0.717) is 17.8 Å². The topological polar surface area (TPSA) is 68.5 Å². The maximum Gasteiger partial charge on any atom is 0.343 e. The number of aromatic nitrogens is 3. The Labute approximate surface area is 111 Å². The van der Waals surface area contributed by atoms with Gasteiger partial charge in [-0.25, -0.2) is 14.3 Å². The van der Waals surface area contributed by atoms with E-state index in [1.54, 1.807) is 17.6 Å². The molecule has 102 valence electrons. The van der Waals surface area contributed by atoms with Crippen molar-refractivity contribution in [3.8, 4) is 0 Å². The number of hydrogen-bond donors (Lipinski definition) is 1. The van der Waals surface area contributed by atoms with Gasteiger partial charge in [-0.3, -0.25) is 0 Å². The summed E-state index contributed by atoms with van der Waals surface area (Å²) in [5.41, 5.74) is 1.95. The van der Waals surface area contributed by atoms with Crippen molar-refractivity contribution >= 4 is 11.6 Å². The van der Waals surface area contributed by atoms with Gasteiger partial charge in [-0.05, 0) is 19.9 Å². The minimum atomic E-state index is -0.387. The van der Waals surface area contributed by atoms with Gasteiger partial charge in [0.1, 0.15) is 5.56 Å². The molecule has 0 unspecified atom stereocenters. The fourth-order valence-electron chi connectivity index (χ4n) is 1.77. The van der Waals surface area contributed by atoms with E-state index in [9.17, 15) is 4.79 Å². The molecule has 6 nitrogen and oxygen atoms in total. The zero-order valence-electron chi connectivity index (χ0n) is 11.2. The van der Waals surface area contributed by atoms with Crippen LogP contribution in [0.15, 0.2) is 18.6 Å². The summed E-state index contributed by atoms with van der Waals surface area (Å²) in [5, 5.41) is 7.43. The van der Waals surface area contributed by atoms with E-state index in [2.05, 4.69) is 22.3 Å². The molecule has 0 aliphatic carbocycles. The first-order valence-corrected chi connectivity index (χ1v) is 6.46. The number of nitrogens with zero attached hydrogens (tertiary/aromatic N) is 3. The molecule has 0 spiro atoms. The van der Waals surface area contributed by atoms with Crippen molar-refractivity contribution in [2.45, 2.75) is 26.8 Å². The van der Waals surface area contributed by atoms with Gasteiger partial charge in [0.05, 0.1) is 12.8 Å². The van der Waals surface area contributed by atoms with Gasteiger partial charge < -0.3 is 10.1 Å². The lowest BCUT2D eigenvalue weighted by Crippen LogP contribution is -2.14. The van der Waals surface area contributed by atoms with Crippen molar-refractivity contribution in [1.82, 2.24) is 19.9 Å². The minimum Gasteiger partial charge on any atom is -0.462 e. The molecular weight excluding hydrogens is 244 g/mol. The fraction of sp³-hybridized carbons (Fsp3) is 0.462. The first-order valence-electron chi connectivity index (χ1n) is 6.46. The Morgan fingerprint density at radius 1 is 1.42 bits per heavy atom. The average molecular weight is 262 g/mol. The smallest absolute Gasteiger partial charge is 0.343 e. The molecule has 0 aromatic carbocycles. The Morgan fingerprint density at radius 2 is 2.26 bits per heavy atom. The van der Waals surface area contributed by atoms with Crippen LogP contribution in [0.3, 0.4) is 0 Å². The van der Waals surface area contributed by atoms with Crippen molar-refractivity contribution in [3.05, 3.63) is 29.7 Å². The van der Waals surface area contributed by atoms with Crippen LogP contribution >= 0.6 is 0 Å². The molecule has 0 saturated carbocycles. The summed E-state index contributed by atoms with van der Waals surface area (Å²) >= 11 is 0. The van der Waals surface area contributed by atoms with Crippen molar-refractivity contribution in [3.63, 3.8) is 0 Å². The van der Waals surface area contributed by atoms with E-state index in [1.807, 2.05) is 6.20 Å². The summed E-state index contributed by atoms with van der Waals surface area (Å²) in [6.07, 6.45) is 6.20. The minimum absolute atomic E-state index is 0.342. The standard InChI is InChI=1S/C13H18N4O2/c1-3-5-14-6-10-7-15-12-11(13(18)19-4-2)8-16-17(12)9-10/h7-9,14H,3-6H2,1-2H3. The van der Waals surface area contributed by atoms with E-state index in [1.165, 1.54) is 6.20 Å². The van der Waals surface area contributed by atoms with Gasteiger partial charge >= 0.3 is 5.97 Å². The Bertz CT molecular complexity index is 565.